The summed E-state index contributed by atoms with van der Waals surface area (Å²) in [7, 11) is 1.21. The summed E-state index contributed by atoms with van der Waals surface area (Å²) >= 11 is 0. The molecule has 0 heterocycles. The molecule has 0 bridgehead atoms. The number of unbranched alkanes of at least 4 members (excludes halogenated alkanes) is 13. The number of hydrogen-bond donors (Lipinski definition) is 2. The van der Waals surface area contributed by atoms with Gasteiger partial charge in [0.2, 0.25) is 5.91 Å². The van der Waals surface area contributed by atoms with E-state index in [-0.39, 0.29) is 12.5 Å². The van der Waals surface area contributed by atoms with Gasteiger partial charge >= 0.3 is 0 Å². The molecule has 0 aliphatic carbocycles. The summed E-state index contributed by atoms with van der Waals surface area (Å²) in [4.78, 5) is 25.2. The maximum atomic E-state index is 12.8. The lowest BCUT2D eigenvalue weighted by Crippen LogP contribution is -2.45. The number of quaternary nitrogens is 1. The topological polar surface area (TPSA) is 108 Å². The van der Waals surface area contributed by atoms with E-state index in [1.807, 2.05) is 27.2 Å². The second-order valence-electron chi connectivity index (χ2n) is 14.2. The molecule has 0 radical (unpaired) electrons. The molecular weight excluding hydrogens is 647 g/mol. The molecule has 3 atom stereocenters. The fourth-order valence-corrected chi connectivity index (χ4v) is 5.78. The van der Waals surface area contributed by atoms with Gasteiger partial charge in [-0.05, 0) is 64.2 Å². The van der Waals surface area contributed by atoms with Crippen molar-refractivity contribution in [1.29, 1.82) is 0 Å². The van der Waals surface area contributed by atoms with Gasteiger partial charge in [0, 0.05) is 6.42 Å². The van der Waals surface area contributed by atoms with E-state index >= 15 is 0 Å². The summed E-state index contributed by atoms with van der Waals surface area (Å²) in [5, 5.41) is 13.7. The zero-order valence-corrected chi connectivity index (χ0v) is 33.5. The standard InChI is InChI=1S/C41H75N2O6P/c1-6-8-10-12-14-16-18-20-21-23-24-26-28-30-32-34-40(44)39(38-49-50(46,47)48-37-36-43(3,4)5)42-41(45)35-33-31-29-27-25-22-19-17-15-13-11-9-7-2/h9,11,15,17,22,24-26,32,34,39-40,44H,6-8,10,12-14,16,18-21,23,27-31,33,35-38H2,1-5H3,(H-,42,45,46,47)/b11-9-,17-15-,25-22-,26-24+,34-32+. The first kappa shape index (κ1) is 48.2. The summed E-state index contributed by atoms with van der Waals surface area (Å²) in [6.45, 7) is 4.45. The number of phosphoric ester groups is 1. The number of nitrogens with zero attached hydrogens (tertiary/aromatic N) is 1. The smallest absolute Gasteiger partial charge is 0.268 e. The number of hydrogen-bond acceptors (Lipinski definition) is 6. The molecule has 0 saturated heterocycles. The fraction of sp³-hybridized carbons (Fsp3) is 0.732. The van der Waals surface area contributed by atoms with Gasteiger partial charge in [-0.2, -0.15) is 0 Å². The number of aliphatic hydroxyl groups is 1. The molecule has 0 saturated carbocycles. The maximum Gasteiger partial charge on any atom is 0.268 e. The number of amides is 1. The molecule has 0 aliphatic heterocycles. The van der Waals surface area contributed by atoms with E-state index < -0.39 is 26.6 Å². The van der Waals surface area contributed by atoms with Crippen LogP contribution in [0.25, 0.3) is 0 Å². The minimum atomic E-state index is -4.60. The Labute approximate surface area is 307 Å². The summed E-state index contributed by atoms with van der Waals surface area (Å²) in [5.74, 6) is -0.241. The number of likely N-dealkylation sites (N-methyl/N-ethyl adjacent to an activating group) is 1. The molecule has 1 amide bonds. The molecule has 0 aromatic rings. The van der Waals surface area contributed by atoms with Crippen molar-refractivity contribution in [2.45, 2.75) is 154 Å². The number of rotatable bonds is 34. The second kappa shape index (κ2) is 33.1. The predicted molar refractivity (Wildman–Crippen MR) is 210 cm³/mol. The molecule has 0 rings (SSSR count). The van der Waals surface area contributed by atoms with Crippen molar-refractivity contribution in [3.05, 3.63) is 60.8 Å². The Morgan fingerprint density at radius 2 is 1.24 bits per heavy atom. The van der Waals surface area contributed by atoms with E-state index in [2.05, 4.69) is 67.8 Å². The molecule has 290 valence electrons. The van der Waals surface area contributed by atoms with E-state index in [4.69, 9.17) is 9.05 Å². The molecule has 3 unspecified atom stereocenters. The van der Waals surface area contributed by atoms with Crippen LogP contribution in [-0.4, -0.2) is 68.5 Å². The van der Waals surface area contributed by atoms with Crippen LogP contribution in [-0.2, 0) is 18.4 Å². The van der Waals surface area contributed by atoms with Gasteiger partial charge in [-0.1, -0.05) is 132 Å². The van der Waals surface area contributed by atoms with Crippen LogP contribution in [0.5, 0.6) is 0 Å². The first-order valence-electron chi connectivity index (χ1n) is 19.7. The molecule has 0 aromatic carbocycles. The highest BCUT2D eigenvalue weighted by Gasteiger charge is 2.23. The maximum absolute atomic E-state index is 12.8. The van der Waals surface area contributed by atoms with Gasteiger partial charge in [-0.25, -0.2) is 0 Å². The van der Waals surface area contributed by atoms with Crippen molar-refractivity contribution in [1.82, 2.24) is 5.32 Å². The van der Waals surface area contributed by atoms with Gasteiger partial charge in [-0.15, -0.1) is 0 Å². The normalized spacial score (nSPS) is 15.3. The van der Waals surface area contributed by atoms with E-state index in [0.29, 0.717) is 23.9 Å². The Hall–Kier alpha value is -1.80. The number of phosphoric acid groups is 1. The van der Waals surface area contributed by atoms with Crippen LogP contribution in [0.4, 0.5) is 0 Å². The minimum absolute atomic E-state index is 0.0149. The lowest BCUT2D eigenvalue weighted by atomic mass is 10.1. The summed E-state index contributed by atoms with van der Waals surface area (Å²) < 4.78 is 23.1. The Kier molecular flexibility index (Phi) is 31.9. The SMILES string of the molecule is CC/C=C\C/C=C\C/C=C\CCCCCC(=O)NC(COP(=O)([O-])OCC[N+](C)(C)C)C(O)/C=C/CC/C=C/CCCCCCCCCCC. The van der Waals surface area contributed by atoms with Crippen LogP contribution >= 0.6 is 7.82 Å². The number of aliphatic hydroxyl groups excluding tert-OH is 1. The second-order valence-corrected chi connectivity index (χ2v) is 15.7. The Morgan fingerprint density at radius 3 is 1.86 bits per heavy atom. The van der Waals surface area contributed by atoms with E-state index in [9.17, 15) is 19.4 Å². The molecule has 8 nitrogen and oxygen atoms in total. The van der Waals surface area contributed by atoms with Gasteiger partial charge in [0.05, 0.1) is 39.9 Å². The van der Waals surface area contributed by atoms with Crippen molar-refractivity contribution >= 4 is 13.7 Å². The monoisotopic (exact) mass is 723 g/mol. The number of carbonyl (C=O) groups is 1. The van der Waals surface area contributed by atoms with E-state index in [0.717, 1.165) is 57.8 Å². The average molecular weight is 723 g/mol. The Bertz CT molecular complexity index is 1000. The minimum Gasteiger partial charge on any atom is -0.756 e. The summed E-state index contributed by atoms with van der Waals surface area (Å²) in [6.07, 6.45) is 41.3. The predicted octanol–water partition coefficient (Wildman–Crippen LogP) is 9.66. The average Bonchev–Trinajstić information content (AvgIpc) is 3.06. The number of allylic oxidation sites excluding steroid dienone is 9. The lowest BCUT2D eigenvalue weighted by Gasteiger charge is -2.29. The molecule has 50 heavy (non-hydrogen) atoms. The van der Waals surface area contributed by atoms with Gasteiger partial charge in [0.15, 0.2) is 0 Å². The third kappa shape index (κ3) is 34.6. The highest BCUT2D eigenvalue weighted by atomic mass is 31.2. The molecule has 0 fully saturated rings. The Balaban J connectivity index is 4.64. The first-order valence-corrected chi connectivity index (χ1v) is 21.1. The fourth-order valence-electron chi connectivity index (χ4n) is 5.06. The highest BCUT2D eigenvalue weighted by molar-refractivity contribution is 7.45. The zero-order chi connectivity index (χ0) is 37.2. The molecular formula is C41H75N2O6P. The van der Waals surface area contributed by atoms with Crippen LogP contribution in [0.15, 0.2) is 60.8 Å². The van der Waals surface area contributed by atoms with Crippen LogP contribution in [0.3, 0.4) is 0 Å². The third-order valence-corrected chi connectivity index (χ3v) is 9.18. The van der Waals surface area contributed by atoms with Gasteiger partial charge in [-0.3, -0.25) is 9.36 Å². The van der Waals surface area contributed by atoms with Crippen LogP contribution in [0, 0.1) is 0 Å². The van der Waals surface area contributed by atoms with E-state index in [1.165, 1.54) is 57.8 Å². The highest BCUT2D eigenvalue weighted by Crippen LogP contribution is 2.38. The van der Waals surface area contributed by atoms with Crippen LogP contribution in [0.2, 0.25) is 0 Å². The summed E-state index contributed by atoms with van der Waals surface area (Å²) in [5.41, 5.74) is 0. The zero-order valence-electron chi connectivity index (χ0n) is 32.6. The lowest BCUT2D eigenvalue weighted by molar-refractivity contribution is -0.870. The molecule has 2 N–H and O–H groups in total. The van der Waals surface area contributed by atoms with E-state index in [1.54, 1.807) is 6.08 Å². The van der Waals surface area contributed by atoms with Crippen LogP contribution in [0.1, 0.15) is 142 Å². The largest absolute Gasteiger partial charge is 0.756 e. The molecule has 0 spiro atoms. The molecule has 9 heteroatoms. The quantitative estimate of drug-likeness (QED) is 0.0297. The van der Waals surface area contributed by atoms with Crippen molar-refractivity contribution in [3.63, 3.8) is 0 Å². The Morgan fingerprint density at radius 1 is 0.720 bits per heavy atom. The molecule has 0 aliphatic rings. The summed E-state index contributed by atoms with van der Waals surface area (Å²) in [6, 6.07) is -0.918. The van der Waals surface area contributed by atoms with Crippen molar-refractivity contribution in [2.75, 3.05) is 40.9 Å². The molecule has 0 aromatic heterocycles. The third-order valence-electron chi connectivity index (χ3n) is 8.21. The van der Waals surface area contributed by atoms with Crippen LogP contribution < -0.4 is 10.2 Å². The van der Waals surface area contributed by atoms with Gasteiger partial charge in [0.1, 0.15) is 13.2 Å². The van der Waals surface area contributed by atoms with Crippen molar-refractivity contribution in [3.8, 4) is 0 Å². The number of nitrogens with one attached hydrogen (secondary N) is 1. The van der Waals surface area contributed by atoms with Gasteiger partial charge in [0.25, 0.3) is 7.82 Å². The van der Waals surface area contributed by atoms with Crippen molar-refractivity contribution in [2.24, 2.45) is 0 Å². The van der Waals surface area contributed by atoms with Gasteiger partial charge < -0.3 is 28.8 Å². The van der Waals surface area contributed by atoms with Crippen molar-refractivity contribution < 1.29 is 32.9 Å². The number of carbonyl (C=O) groups excluding carboxylic acids is 1. The first-order chi connectivity index (χ1) is 24.0.